The first-order chi connectivity index (χ1) is 11.1. The predicted octanol–water partition coefficient (Wildman–Crippen LogP) is 4.47. The number of rotatable bonds is 4. The minimum atomic E-state index is -0.895. The molecule has 0 radical (unpaired) electrons. The van der Waals surface area contributed by atoms with E-state index >= 15 is 0 Å². The highest BCUT2D eigenvalue weighted by Crippen LogP contribution is 2.36. The molecule has 3 heteroatoms. The molecule has 0 amide bonds. The Hall–Kier alpha value is -1.87. The van der Waals surface area contributed by atoms with E-state index in [-0.39, 0.29) is 12.4 Å². The van der Waals surface area contributed by atoms with Crippen molar-refractivity contribution in [2.24, 2.45) is 5.92 Å². The van der Waals surface area contributed by atoms with E-state index in [1.807, 2.05) is 36.4 Å². The van der Waals surface area contributed by atoms with Crippen molar-refractivity contribution in [2.45, 2.75) is 51.0 Å². The van der Waals surface area contributed by atoms with Crippen molar-refractivity contribution in [3.8, 4) is 5.75 Å². The van der Waals surface area contributed by atoms with Gasteiger partial charge >= 0.3 is 5.97 Å². The SMILES string of the molecule is CCC1CCC(O)(CC(=O)Oc2cccc3ccccc23)CC1. The van der Waals surface area contributed by atoms with Gasteiger partial charge < -0.3 is 9.84 Å². The Morgan fingerprint density at radius 2 is 1.87 bits per heavy atom. The molecule has 1 saturated carbocycles. The molecule has 0 aromatic heterocycles. The van der Waals surface area contributed by atoms with Crippen LogP contribution in [0.3, 0.4) is 0 Å². The molecule has 0 atom stereocenters. The molecule has 3 nitrogen and oxygen atoms in total. The Labute approximate surface area is 137 Å². The summed E-state index contributed by atoms with van der Waals surface area (Å²) in [4.78, 5) is 12.3. The number of hydrogen-bond donors (Lipinski definition) is 1. The van der Waals surface area contributed by atoms with Crippen LogP contribution in [0.25, 0.3) is 10.8 Å². The minimum Gasteiger partial charge on any atom is -0.426 e. The van der Waals surface area contributed by atoms with Crippen molar-refractivity contribution in [1.82, 2.24) is 0 Å². The lowest BCUT2D eigenvalue weighted by molar-refractivity contribution is -0.141. The second-order valence-corrected chi connectivity index (χ2v) is 6.70. The number of esters is 1. The topological polar surface area (TPSA) is 46.5 Å². The fourth-order valence-electron chi connectivity index (χ4n) is 3.51. The molecule has 1 aliphatic rings. The molecule has 0 heterocycles. The van der Waals surface area contributed by atoms with Crippen LogP contribution in [0.2, 0.25) is 0 Å². The fourth-order valence-corrected chi connectivity index (χ4v) is 3.51. The third-order valence-corrected chi connectivity index (χ3v) is 5.06. The normalized spacial score (nSPS) is 24.5. The maximum Gasteiger partial charge on any atom is 0.314 e. The van der Waals surface area contributed by atoms with Crippen molar-refractivity contribution < 1.29 is 14.6 Å². The molecule has 122 valence electrons. The molecule has 1 aliphatic carbocycles. The van der Waals surface area contributed by atoms with Crippen LogP contribution < -0.4 is 4.74 Å². The summed E-state index contributed by atoms with van der Waals surface area (Å²) >= 11 is 0. The number of aliphatic hydroxyl groups is 1. The fraction of sp³-hybridized carbons (Fsp3) is 0.450. The van der Waals surface area contributed by atoms with Gasteiger partial charge in [0.2, 0.25) is 0 Å². The van der Waals surface area contributed by atoms with Crippen LogP contribution in [0.5, 0.6) is 5.75 Å². The van der Waals surface area contributed by atoms with E-state index in [2.05, 4.69) is 6.92 Å². The smallest absolute Gasteiger partial charge is 0.314 e. The molecule has 2 aromatic rings. The molecule has 3 rings (SSSR count). The Morgan fingerprint density at radius 3 is 2.61 bits per heavy atom. The first-order valence-corrected chi connectivity index (χ1v) is 8.50. The van der Waals surface area contributed by atoms with Gasteiger partial charge in [-0.2, -0.15) is 0 Å². The van der Waals surface area contributed by atoms with E-state index in [1.165, 1.54) is 0 Å². The lowest BCUT2D eigenvalue weighted by Crippen LogP contribution is -2.37. The van der Waals surface area contributed by atoms with Gasteiger partial charge in [0.15, 0.2) is 0 Å². The Balaban J connectivity index is 1.67. The summed E-state index contributed by atoms with van der Waals surface area (Å²) < 4.78 is 5.55. The van der Waals surface area contributed by atoms with Gasteiger partial charge in [-0.1, -0.05) is 49.7 Å². The molecule has 0 bridgehead atoms. The Kier molecular flexibility index (Phi) is 4.67. The van der Waals surface area contributed by atoms with Gasteiger partial charge in [-0.3, -0.25) is 4.79 Å². The van der Waals surface area contributed by atoms with Crippen molar-refractivity contribution >= 4 is 16.7 Å². The third-order valence-electron chi connectivity index (χ3n) is 5.06. The first kappa shape index (κ1) is 16.0. The van der Waals surface area contributed by atoms with E-state index in [0.29, 0.717) is 24.5 Å². The Bertz CT molecular complexity index is 679. The zero-order valence-electron chi connectivity index (χ0n) is 13.6. The number of carbonyl (C=O) groups is 1. The molecule has 23 heavy (non-hydrogen) atoms. The lowest BCUT2D eigenvalue weighted by atomic mass is 9.76. The number of ether oxygens (including phenoxy) is 1. The van der Waals surface area contributed by atoms with Crippen LogP contribution in [0.1, 0.15) is 45.4 Å². The van der Waals surface area contributed by atoms with Gasteiger partial charge in [-0.15, -0.1) is 0 Å². The summed E-state index contributed by atoms with van der Waals surface area (Å²) in [5.41, 5.74) is -0.895. The zero-order valence-corrected chi connectivity index (χ0v) is 13.6. The van der Waals surface area contributed by atoms with Gasteiger partial charge in [0.1, 0.15) is 5.75 Å². The quantitative estimate of drug-likeness (QED) is 0.669. The van der Waals surface area contributed by atoms with Gasteiger partial charge in [0.05, 0.1) is 12.0 Å². The van der Waals surface area contributed by atoms with E-state index in [0.717, 1.165) is 30.0 Å². The summed E-state index contributed by atoms with van der Waals surface area (Å²) in [5, 5.41) is 12.6. The first-order valence-electron chi connectivity index (χ1n) is 8.50. The van der Waals surface area contributed by atoms with Gasteiger partial charge in [-0.05, 0) is 43.1 Å². The molecule has 2 aromatic carbocycles. The van der Waals surface area contributed by atoms with Gasteiger partial charge in [0.25, 0.3) is 0 Å². The maximum atomic E-state index is 12.3. The van der Waals surface area contributed by atoms with Crippen LogP contribution in [-0.2, 0) is 4.79 Å². The average molecular weight is 312 g/mol. The third kappa shape index (κ3) is 3.73. The lowest BCUT2D eigenvalue weighted by Gasteiger charge is -2.35. The largest absolute Gasteiger partial charge is 0.426 e. The van der Waals surface area contributed by atoms with Crippen LogP contribution in [0.4, 0.5) is 0 Å². The molecule has 1 N–H and O–H groups in total. The highest BCUT2D eigenvalue weighted by Gasteiger charge is 2.35. The number of fused-ring (bicyclic) bond motifs is 1. The molecule has 0 saturated heterocycles. The van der Waals surface area contributed by atoms with Crippen molar-refractivity contribution in [2.75, 3.05) is 0 Å². The number of carbonyl (C=O) groups excluding carboxylic acids is 1. The monoisotopic (exact) mass is 312 g/mol. The standard InChI is InChI=1S/C20H24O3/c1-2-15-10-12-20(22,13-11-15)14-19(21)23-18-9-5-7-16-6-3-4-8-17(16)18/h3-9,15,22H,2,10-14H2,1H3. The summed E-state index contributed by atoms with van der Waals surface area (Å²) in [6.07, 6.45) is 4.60. The zero-order chi connectivity index (χ0) is 16.3. The van der Waals surface area contributed by atoms with Crippen LogP contribution >= 0.6 is 0 Å². The second kappa shape index (κ2) is 6.71. The molecule has 0 spiro atoms. The highest BCUT2D eigenvalue weighted by atomic mass is 16.5. The van der Waals surface area contributed by atoms with Gasteiger partial charge in [0, 0.05) is 5.39 Å². The number of hydrogen-bond acceptors (Lipinski definition) is 3. The van der Waals surface area contributed by atoms with Crippen LogP contribution in [-0.4, -0.2) is 16.7 Å². The molecule has 0 aliphatic heterocycles. The van der Waals surface area contributed by atoms with E-state index in [4.69, 9.17) is 4.74 Å². The maximum absolute atomic E-state index is 12.3. The van der Waals surface area contributed by atoms with Gasteiger partial charge in [-0.25, -0.2) is 0 Å². The van der Waals surface area contributed by atoms with E-state index in [1.54, 1.807) is 6.07 Å². The van der Waals surface area contributed by atoms with E-state index in [9.17, 15) is 9.90 Å². The predicted molar refractivity (Wildman–Crippen MR) is 91.4 cm³/mol. The minimum absolute atomic E-state index is 0.0760. The second-order valence-electron chi connectivity index (χ2n) is 6.70. The average Bonchev–Trinajstić information content (AvgIpc) is 2.55. The van der Waals surface area contributed by atoms with E-state index < -0.39 is 5.60 Å². The van der Waals surface area contributed by atoms with Crippen molar-refractivity contribution in [1.29, 1.82) is 0 Å². The van der Waals surface area contributed by atoms with Crippen molar-refractivity contribution in [3.05, 3.63) is 42.5 Å². The molecular weight excluding hydrogens is 288 g/mol. The van der Waals surface area contributed by atoms with Crippen LogP contribution in [0, 0.1) is 5.92 Å². The van der Waals surface area contributed by atoms with Crippen LogP contribution in [0.15, 0.2) is 42.5 Å². The summed E-state index contributed by atoms with van der Waals surface area (Å²) in [6, 6.07) is 13.5. The molecular formula is C20H24O3. The summed E-state index contributed by atoms with van der Waals surface area (Å²) in [5.74, 6) is 0.905. The summed E-state index contributed by atoms with van der Waals surface area (Å²) in [7, 11) is 0. The molecule has 0 unspecified atom stereocenters. The highest BCUT2D eigenvalue weighted by molar-refractivity contribution is 5.90. The molecule has 1 fully saturated rings. The number of benzene rings is 2. The Morgan fingerprint density at radius 1 is 1.17 bits per heavy atom. The summed E-state index contributed by atoms with van der Waals surface area (Å²) in [6.45, 7) is 2.18. The van der Waals surface area contributed by atoms with Crippen molar-refractivity contribution in [3.63, 3.8) is 0 Å².